The van der Waals surface area contributed by atoms with Crippen molar-refractivity contribution >= 4 is 12.0 Å². The number of aldehydes is 1. The zero-order valence-electron chi connectivity index (χ0n) is 6.52. The van der Waals surface area contributed by atoms with E-state index in [9.17, 15) is 4.79 Å². The lowest BCUT2D eigenvalue weighted by atomic mass is 10.2. The van der Waals surface area contributed by atoms with E-state index in [-0.39, 0.29) is 5.69 Å². The summed E-state index contributed by atoms with van der Waals surface area (Å²) in [4.78, 5) is 13.3. The monoisotopic (exact) mass is 163 g/mol. The van der Waals surface area contributed by atoms with E-state index in [0.717, 1.165) is 0 Å². The molecule has 60 valence electrons. The van der Waals surface area contributed by atoms with E-state index in [1.165, 1.54) is 19.2 Å². The van der Waals surface area contributed by atoms with Gasteiger partial charge in [0, 0.05) is 0 Å². The lowest BCUT2D eigenvalue weighted by molar-refractivity contribution is 0.112. The highest BCUT2D eigenvalue weighted by Crippen LogP contribution is 2.23. The Morgan fingerprint density at radius 2 is 2.33 bits per heavy atom. The molecular formula is C8H7N2O2+. The molecule has 0 aromatic heterocycles. The number of diazo groups is 1. The molecule has 0 saturated carbocycles. The molecule has 0 N–H and O–H groups in total. The number of benzene rings is 1. The Balaban J connectivity index is 3.22. The number of hydrogen-bond acceptors (Lipinski definition) is 3. The van der Waals surface area contributed by atoms with E-state index >= 15 is 0 Å². The van der Waals surface area contributed by atoms with E-state index in [1.807, 2.05) is 0 Å². The number of carbonyl (C=O) groups is 1. The average molecular weight is 163 g/mol. The van der Waals surface area contributed by atoms with Crippen molar-refractivity contribution in [3.63, 3.8) is 0 Å². The van der Waals surface area contributed by atoms with Gasteiger partial charge in [-0.25, -0.2) is 0 Å². The van der Waals surface area contributed by atoms with Gasteiger partial charge in [-0.05, 0) is 12.1 Å². The van der Waals surface area contributed by atoms with Gasteiger partial charge in [0.25, 0.3) is 0 Å². The third kappa shape index (κ3) is 1.40. The van der Waals surface area contributed by atoms with Crippen LogP contribution in [-0.4, -0.2) is 13.4 Å². The smallest absolute Gasteiger partial charge is 0.399 e. The minimum absolute atomic E-state index is 0.212. The lowest BCUT2D eigenvalue weighted by Crippen LogP contribution is -1.84. The minimum atomic E-state index is 0.212. The van der Waals surface area contributed by atoms with Crippen LogP contribution in [0, 0.1) is 5.39 Å². The molecule has 0 heterocycles. The standard InChI is InChI=1S/C8H7N2O2/c1-12-7-3-2-6(5-11)8(4-7)10-9/h2-5H,1H3/q+1. The van der Waals surface area contributed by atoms with Gasteiger partial charge in [0.2, 0.25) is 5.39 Å². The Labute approximate surface area is 69.4 Å². The first-order valence-electron chi connectivity index (χ1n) is 3.30. The van der Waals surface area contributed by atoms with Gasteiger partial charge in [-0.1, -0.05) is 0 Å². The van der Waals surface area contributed by atoms with Crippen molar-refractivity contribution in [2.75, 3.05) is 7.11 Å². The first-order valence-corrected chi connectivity index (χ1v) is 3.30. The highest BCUT2D eigenvalue weighted by atomic mass is 16.5. The van der Waals surface area contributed by atoms with Gasteiger partial charge < -0.3 is 4.74 Å². The van der Waals surface area contributed by atoms with E-state index < -0.39 is 0 Å². The van der Waals surface area contributed by atoms with E-state index in [4.69, 9.17) is 10.1 Å². The number of carbonyl (C=O) groups excluding carboxylic acids is 1. The Morgan fingerprint density at radius 1 is 1.58 bits per heavy atom. The molecule has 12 heavy (non-hydrogen) atoms. The molecule has 0 radical (unpaired) electrons. The molecule has 1 rings (SSSR count). The second kappa shape index (κ2) is 3.49. The van der Waals surface area contributed by atoms with Crippen LogP contribution in [0.4, 0.5) is 5.69 Å². The van der Waals surface area contributed by atoms with Crippen molar-refractivity contribution in [3.05, 3.63) is 28.7 Å². The van der Waals surface area contributed by atoms with Crippen LogP contribution in [-0.2, 0) is 0 Å². The molecule has 0 amide bonds. The van der Waals surface area contributed by atoms with Crippen molar-refractivity contribution < 1.29 is 9.53 Å². The normalized spacial score (nSPS) is 8.67. The van der Waals surface area contributed by atoms with Crippen LogP contribution in [0.1, 0.15) is 10.4 Å². The summed E-state index contributed by atoms with van der Waals surface area (Å²) in [6, 6.07) is 4.63. The van der Waals surface area contributed by atoms with Crippen LogP contribution >= 0.6 is 0 Å². The Kier molecular flexibility index (Phi) is 2.38. The van der Waals surface area contributed by atoms with Gasteiger partial charge in [0.05, 0.1) is 13.2 Å². The number of nitrogens with zero attached hydrogens (tertiary/aromatic N) is 2. The van der Waals surface area contributed by atoms with Crippen LogP contribution in [0.15, 0.2) is 18.2 Å². The third-order valence-corrected chi connectivity index (χ3v) is 1.47. The van der Waals surface area contributed by atoms with E-state index in [1.54, 1.807) is 6.07 Å². The summed E-state index contributed by atoms with van der Waals surface area (Å²) in [5.41, 5.74) is 0.544. The number of rotatable bonds is 2. The molecule has 0 aliphatic rings. The molecule has 0 unspecified atom stereocenters. The average Bonchev–Trinajstić information content (AvgIpc) is 2.16. The Hall–Kier alpha value is -1.89. The fraction of sp³-hybridized carbons (Fsp3) is 0.125. The van der Waals surface area contributed by atoms with Crippen molar-refractivity contribution in [1.29, 1.82) is 5.39 Å². The van der Waals surface area contributed by atoms with Crippen molar-refractivity contribution in [2.24, 2.45) is 0 Å². The first kappa shape index (κ1) is 8.21. The summed E-state index contributed by atoms with van der Waals surface area (Å²) in [5, 5.41) is 8.48. The van der Waals surface area contributed by atoms with Crippen LogP contribution in [0.2, 0.25) is 0 Å². The van der Waals surface area contributed by atoms with Gasteiger partial charge in [-0.15, -0.1) is 0 Å². The van der Waals surface area contributed by atoms with Crippen molar-refractivity contribution in [3.8, 4) is 5.75 Å². The van der Waals surface area contributed by atoms with Crippen molar-refractivity contribution in [1.82, 2.24) is 0 Å². The maximum atomic E-state index is 10.4. The molecule has 0 fully saturated rings. The second-order valence-corrected chi connectivity index (χ2v) is 2.14. The maximum Gasteiger partial charge on any atom is 0.399 e. The summed E-state index contributed by atoms with van der Waals surface area (Å²) in [5.74, 6) is 0.549. The lowest BCUT2D eigenvalue weighted by Gasteiger charge is -1.95. The number of methoxy groups -OCH3 is 1. The van der Waals surface area contributed by atoms with E-state index in [0.29, 0.717) is 17.6 Å². The van der Waals surface area contributed by atoms with Crippen molar-refractivity contribution in [2.45, 2.75) is 0 Å². The Bertz CT molecular complexity index is 341. The zero-order valence-corrected chi connectivity index (χ0v) is 6.52. The van der Waals surface area contributed by atoms with Gasteiger partial charge in [-0.3, -0.25) is 4.79 Å². The highest BCUT2D eigenvalue weighted by Gasteiger charge is 2.13. The van der Waals surface area contributed by atoms with Gasteiger partial charge in [-0.2, -0.15) is 0 Å². The zero-order chi connectivity index (χ0) is 8.97. The van der Waals surface area contributed by atoms with Crippen LogP contribution in [0.3, 0.4) is 0 Å². The SMILES string of the molecule is COc1ccc(C=O)c([N+]#N)c1. The van der Waals surface area contributed by atoms with Crippen LogP contribution in [0.5, 0.6) is 5.75 Å². The Morgan fingerprint density at radius 3 is 2.83 bits per heavy atom. The molecule has 4 nitrogen and oxygen atoms in total. The topological polar surface area (TPSA) is 54.5 Å². The largest absolute Gasteiger partial charge is 0.496 e. The molecule has 1 aromatic rings. The number of ether oxygens (including phenoxy) is 1. The molecule has 0 atom stereocenters. The third-order valence-electron chi connectivity index (χ3n) is 1.47. The molecule has 0 bridgehead atoms. The molecule has 0 aliphatic carbocycles. The summed E-state index contributed by atoms with van der Waals surface area (Å²) in [6.45, 7) is 0. The summed E-state index contributed by atoms with van der Waals surface area (Å²) in [6.07, 6.45) is 0.620. The minimum Gasteiger partial charge on any atom is -0.496 e. The van der Waals surface area contributed by atoms with Crippen LogP contribution < -0.4 is 4.74 Å². The molecule has 0 saturated heterocycles. The summed E-state index contributed by atoms with van der Waals surface area (Å²) >= 11 is 0. The molecule has 0 aliphatic heterocycles. The highest BCUT2D eigenvalue weighted by molar-refractivity contribution is 5.84. The molecule has 1 aromatic carbocycles. The van der Waals surface area contributed by atoms with Crippen LogP contribution in [0.25, 0.3) is 4.98 Å². The van der Waals surface area contributed by atoms with Gasteiger partial charge >= 0.3 is 5.69 Å². The molecule has 0 spiro atoms. The van der Waals surface area contributed by atoms with E-state index in [2.05, 4.69) is 4.98 Å². The first-order chi connectivity index (χ1) is 5.81. The number of hydrogen-bond donors (Lipinski definition) is 0. The fourth-order valence-corrected chi connectivity index (χ4v) is 0.837. The second-order valence-electron chi connectivity index (χ2n) is 2.14. The molecular weight excluding hydrogens is 156 g/mol. The predicted octanol–water partition coefficient (Wildman–Crippen LogP) is 1.99. The van der Waals surface area contributed by atoms with Gasteiger partial charge in [0.15, 0.2) is 11.3 Å². The summed E-state index contributed by atoms with van der Waals surface area (Å²) < 4.78 is 4.87. The molecule has 4 heteroatoms. The fourth-order valence-electron chi connectivity index (χ4n) is 0.837. The maximum absolute atomic E-state index is 10.4. The van der Waals surface area contributed by atoms with Gasteiger partial charge in [0.1, 0.15) is 11.3 Å². The summed E-state index contributed by atoms with van der Waals surface area (Å²) in [7, 11) is 1.50. The predicted molar refractivity (Wildman–Crippen MR) is 43.1 cm³/mol. The quantitative estimate of drug-likeness (QED) is 0.494.